The van der Waals surface area contributed by atoms with Gasteiger partial charge in [-0.25, -0.2) is 13.2 Å². The highest BCUT2D eigenvalue weighted by Gasteiger charge is 2.35. The second kappa shape index (κ2) is 12.5. The summed E-state index contributed by atoms with van der Waals surface area (Å²) in [5.41, 5.74) is 0.993. The van der Waals surface area contributed by atoms with E-state index in [4.69, 9.17) is 14.2 Å². The zero-order valence-corrected chi connectivity index (χ0v) is 24.8. The summed E-state index contributed by atoms with van der Waals surface area (Å²) in [4.78, 5) is 28.2. The number of ether oxygens (including phenoxy) is 3. The Morgan fingerprint density at radius 2 is 1.67 bits per heavy atom. The first-order chi connectivity index (χ1) is 20.6. The lowest BCUT2D eigenvalue weighted by Gasteiger charge is -2.38. The fourth-order valence-corrected chi connectivity index (χ4v) is 6.11. The molecule has 0 fully saturated rings. The quantitative estimate of drug-likeness (QED) is 0.351. The maximum absolute atomic E-state index is 13.7. The maximum Gasteiger partial charge on any atom is 0.323 e. The molecule has 0 saturated heterocycles. The van der Waals surface area contributed by atoms with Crippen LogP contribution in [0.15, 0.2) is 71.6 Å². The molecule has 5 rings (SSSR count). The number of urea groups is 1. The molecule has 3 aromatic rings. The number of amides is 3. The molecule has 0 bridgehead atoms. The van der Waals surface area contributed by atoms with Crippen molar-refractivity contribution in [3.8, 4) is 17.2 Å². The van der Waals surface area contributed by atoms with Crippen LogP contribution in [0.1, 0.15) is 24.2 Å². The van der Waals surface area contributed by atoms with Crippen LogP contribution in [0.5, 0.6) is 17.2 Å². The number of rotatable bonds is 8. The Hall–Kier alpha value is -4.33. The monoisotopic (exact) mass is 610 g/mol. The van der Waals surface area contributed by atoms with E-state index in [2.05, 4.69) is 10.6 Å². The van der Waals surface area contributed by atoms with E-state index in [1.807, 2.05) is 6.92 Å². The molecular weight excluding hydrogens is 576 g/mol. The average Bonchev–Trinajstić information content (AvgIpc) is 3.47. The van der Waals surface area contributed by atoms with Crippen LogP contribution in [0.3, 0.4) is 0 Å². The van der Waals surface area contributed by atoms with Crippen LogP contribution < -0.4 is 24.8 Å². The molecule has 0 aromatic heterocycles. The first-order valence-corrected chi connectivity index (χ1v) is 15.2. The highest BCUT2D eigenvalue weighted by molar-refractivity contribution is 7.89. The van der Waals surface area contributed by atoms with E-state index < -0.39 is 28.2 Å². The summed E-state index contributed by atoms with van der Waals surface area (Å²) < 4.78 is 44.7. The number of aliphatic hydroxyl groups excluding tert-OH is 1. The molecule has 0 aliphatic carbocycles. The number of hydrogen-bond acceptors (Lipinski definition) is 8. The Labute approximate surface area is 250 Å². The standard InChI is InChI=1S/C30H34N4O8S/c1-19-15-34(20(2)17-35)29(36)24-13-21(31-30(37)32-22-10-12-26-27(14-22)41-18-40-26)9-11-25(24)42-28(19)16-33(3)43(38,39)23-7-5-4-6-8-23/h4-14,19-20,28,35H,15-18H2,1-3H3,(H2,31,32,37)/t19-,20-,28-/m0/s1. The molecule has 0 saturated carbocycles. The predicted octanol–water partition coefficient (Wildman–Crippen LogP) is 3.60. The van der Waals surface area contributed by atoms with E-state index in [-0.39, 0.29) is 54.5 Å². The molecule has 13 heteroatoms. The highest BCUT2D eigenvalue weighted by Crippen LogP contribution is 2.35. The van der Waals surface area contributed by atoms with Gasteiger partial charge in [-0.2, -0.15) is 4.31 Å². The Kier molecular flexibility index (Phi) is 8.76. The van der Waals surface area contributed by atoms with Crippen LogP contribution in [-0.4, -0.2) is 80.4 Å². The van der Waals surface area contributed by atoms with Crippen LogP contribution >= 0.6 is 0 Å². The molecule has 3 N–H and O–H groups in total. The van der Waals surface area contributed by atoms with Crippen LogP contribution in [0.4, 0.5) is 16.2 Å². The molecule has 12 nitrogen and oxygen atoms in total. The van der Waals surface area contributed by atoms with Crippen molar-refractivity contribution in [1.29, 1.82) is 0 Å². The summed E-state index contributed by atoms with van der Waals surface area (Å²) in [5, 5.41) is 15.4. The number of sulfonamides is 1. The van der Waals surface area contributed by atoms with Gasteiger partial charge in [0.2, 0.25) is 16.8 Å². The van der Waals surface area contributed by atoms with Gasteiger partial charge >= 0.3 is 6.03 Å². The van der Waals surface area contributed by atoms with Gasteiger partial charge in [-0.1, -0.05) is 25.1 Å². The summed E-state index contributed by atoms with van der Waals surface area (Å²) in [6, 6.07) is 16.8. The third-order valence-electron chi connectivity index (χ3n) is 7.44. The third kappa shape index (κ3) is 6.53. The molecule has 3 atom stereocenters. The first kappa shape index (κ1) is 30.1. The van der Waals surface area contributed by atoms with Crippen LogP contribution in [0, 0.1) is 5.92 Å². The number of nitrogens with zero attached hydrogens (tertiary/aromatic N) is 2. The Bertz CT molecular complexity index is 1600. The lowest BCUT2D eigenvalue weighted by Crippen LogP contribution is -2.50. The van der Waals surface area contributed by atoms with Crippen molar-refractivity contribution < 1.29 is 37.3 Å². The number of hydrogen-bond donors (Lipinski definition) is 3. The van der Waals surface area contributed by atoms with Gasteiger partial charge in [0.05, 0.1) is 29.7 Å². The van der Waals surface area contributed by atoms with E-state index in [0.29, 0.717) is 22.9 Å². The van der Waals surface area contributed by atoms with Gasteiger partial charge in [-0.3, -0.25) is 4.79 Å². The van der Waals surface area contributed by atoms with E-state index in [0.717, 1.165) is 0 Å². The van der Waals surface area contributed by atoms with Crippen molar-refractivity contribution in [3.63, 3.8) is 0 Å². The molecule has 228 valence electrons. The van der Waals surface area contributed by atoms with Gasteiger partial charge in [-0.15, -0.1) is 0 Å². The predicted molar refractivity (Wildman–Crippen MR) is 159 cm³/mol. The summed E-state index contributed by atoms with van der Waals surface area (Å²) in [6.07, 6.45) is -0.628. The molecule has 2 heterocycles. The maximum atomic E-state index is 13.7. The lowest BCUT2D eigenvalue weighted by molar-refractivity contribution is 0.0387. The number of benzene rings is 3. The Morgan fingerprint density at radius 3 is 2.37 bits per heavy atom. The first-order valence-electron chi connectivity index (χ1n) is 13.8. The van der Waals surface area contributed by atoms with Crippen LogP contribution in [0.2, 0.25) is 0 Å². The second-order valence-corrected chi connectivity index (χ2v) is 12.6. The van der Waals surface area contributed by atoms with Gasteiger partial charge in [0.15, 0.2) is 11.5 Å². The van der Waals surface area contributed by atoms with Crippen molar-refractivity contribution in [2.75, 3.05) is 44.2 Å². The van der Waals surface area contributed by atoms with Gasteiger partial charge in [0, 0.05) is 37.0 Å². The molecule has 0 spiro atoms. The SMILES string of the molecule is C[C@H]1CN([C@@H](C)CO)C(=O)c2cc(NC(=O)Nc3ccc4c(c3)OCO4)ccc2O[C@H]1CN(C)S(=O)(=O)c1ccccc1. The second-order valence-electron chi connectivity index (χ2n) is 10.6. The van der Waals surface area contributed by atoms with Gasteiger partial charge < -0.3 is 34.9 Å². The molecule has 3 amide bonds. The minimum atomic E-state index is -3.79. The minimum absolute atomic E-state index is 0.0192. The molecule has 0 unspecified atom stereocenters. The van der Waals surface area contributed by atoms with Crippen molar-refractivity contribution in [2.24, 2.45) is 5.92 Å². The molecule has 2 aliphatic rings. The van der Waals surface area contributed by atoms with Crippen molar-refractivity contribution >= 4 is 33.3 Å². The smallest absolute Gasteiger partial charge is 0.323 e. The minimum Gasteiger partial charge on any atom is -0.488 e. The van der Waals surface area contributed by atoms with E-state index in [1.54, 1.807) is 60.4 Å². The highest BCUT2D eigenvalue weighted by atomic mass is 32.2. The largest absolute Gasteiger partial charge is 0.488 e. The van der Waals surface area contributed by atoms with Crippen molar-refractivity contribution in [1.82, 2.24) is 9.21 Å². The molecular formula is C30H34N4O8S. The fraction of sp³-hybridized carbons (Fsp3) is 0.333. The fourth-order valence-electron chi connectivity index (χ4n) is 4.91. The lowest BCUT2D eigenvalue weighted by atomic mass is 9.99. The van der Waals surface area contributed by atoms with Crippen molar-refractivity contribution in [2.45, 2.75) is 30.9 Å². The van der Waals surface area contributed by atoms with Crippen LogP contribution in [-0.2, 0) is 10.0 Å². The van der Waals surface area contributed by atoms with E-state index in [9.17, 15) is 23.1 Å². The average molecular weight is 611 g/mol. The number of carbonyl (C=O) groups excluding carboxylic acids is 2. The van der Waals surface area contributed by atoms with Crippen LogP contribution in [0.25, 0.3) is 0 Å². The Morgan fingerprint density at radius 1 is 1.02 bits per heavy atom. The molecule has 3 aromatic carbocycles. The summed E-state index contributed by atoms with van der Waals surface area (Å²) in [7, 11) is -2.30. The summed E-state index contributed by atoms with van der Waals surface area (Å²) >= 11 is 0. The number of anilines is 2. The normalized spacial score (nSPS) is 18.7. The number of likely N-dealkylation sites (N-methyl/N-ethyl adjacent to an activating group) is 1. The topological polar surface area (TPSA) is 147 Å². The van der Waals surface area contributed by atoms with E-state index >= 15 is 0 Å². The van der Waals surface area contributed by atoms with Crippen molar-refractivity contribution in [3.05, 3.63) is 72.3 Å². The van der Waals surface area contributed by atoms with Gasteiger partial charge in [0.25, 0.3) is 5.91 Å². The van der Waals surface area contributed by atoms with Gasteiger partial charge in [-0.05, 0) is 49.4 Å². The summed E-state index contributed by atoms with van der Waals surface area (Å²) in [6.45, 7) is 3.68. The molecule has 43 heavy (non-hydrogen) atoms. The molecule has 0 radical (unpaired) electrons. The zero-order valence-electron chi connectivity index (χ0n) is 24.0. The van der Waals surface area contributed by atoms with Gasteiger partial charge in [0.1, 0.15) is 11.9 Å². The number of fused-ring (bicyclic) bond motifs is 2. The number of nitrogens with one attached hydrogen (secondary N) is 2. The Balaban J connectivity index is 1.38. The van der Waals surface area contributed by atoms with E-state index in [1.165, 1.54) is 29.6 Å². The number of carbonyl (C=O) groups is 2. The zero-order chi connectivity index (χ0) is 30.7. The summed E-state index contributed by atoms with van der Waals surface area (Å²) in [5.74, 6) is 0.677. The number of aliphatic hydroxyl groups is 1. The molecule has 2 aliphatic heterocycles. The third-order valence-corrected chi connectivity index (χ3v) is 9.28.